The summed E-state index contributed by atoms with van der Waals surface area (Å²) in [6, 6.07) is 4.88. The van der Waals surface area contributed by atoms with Gasteiger partial charge in [-0.2, -0.15) is 4.31 Å². The van der Waals surface area contributed by atoms with Gasteiger partial charge in [-0.15, -0.1) is 0 Å². The van der Waals surface area contributed by atoms with Crippen molar-refractivity contribution in [1.82, 2.24) is 9.62 Å². The highest BCUT2D eigenvalue weighted by molar-refractivity contribution is 7.89. The van der Waals surface area contributed by atoms with Gasteiger partial charge in [0.05, 0.1) is 4.90 Å². The largest absolute Gasteiger partial charge is 0.486 e. The van der Waals surface area contributed by atoms with Gasteiger partial charge in [0.15, 0.2) is 11.5 Å². The van der Waals surface area contributed by atoms with E-state index in [0.717, 1.165) is 32.1 Å². The molecule has 0 radical (unpaired) electrons. The molecule has 2 aliphatic carbocycles. The maximum atomic E-state index is 13.4. The summed E-state index contributed by atoms with van der Waals surface area (Å²) >= 11 is 0. The third kappa shape index (κ3) is 2.64. The second kappa shape index (κ2) is 6.10. The van der Waals surface area contributed by atoms with Crippen LogP contribution in [-0.2, 0) is 14.8 Å². The number of hydrogen-bond donors (Lipinski definition) is 1. The monoisotopic (exact) mass is 392 g/mol. The number of benzene rings is 1. The van der Waals surface area contributed by atoms with Gasteiger partial charge in [0, 0.05) is 18.7 Å². The summed E-state index contributed by atoms with van der Waals surface area (Å²) in [5, 5.41) is 3.12. The van der Waals surface area contributed by atoms with Crippen molar-refractivity contribution >= 4 is 15.9 Å². The zero-order valence-corrected chi connectivity index (χ0v) is 16.0. The minimum absolute atomic E-state index is 0.113. The quantitative estimate of drug-likeness (QED) is 0.843. The molecule has 1 aromatic rings. The van der Waals surface area contributed by atoms with Crippen molar-refractivity contribution in [3.63, 3.8) is 0 Å². The Hall–Kier alpha value is -1.80. The Morgan fingerprint density at radius 1 is 1.11 bits per heavy atom. The summed E-state index contributed by atoms with van der Waals surface area (Å²) in [7, 11) is -3.78. The first-order valence-electron chi connectivity index (χ1n) is 9.75. The number of carbonyl (C=O) groups is 1. The number of amides is 1. The molecule has 0 spiro atoms. The Kier molecular flexibility index (Phi) is 3.91. The standard InChI is InChI=1S/C19H24N2O5S/c22-18(20-14-3-1-2-4-14)19-12-13(19)7-8-21(19)27(23,24)15-5-6-16-17(11-15)26-10-9-25-16/h5-6,11,13-14H,1-4,7-10,12H2,(H,20,22)/t13-,19-/m0/s1. The zero-order valence-electron chi connectivity index (χ0n) is 15.1. The lowest BCUT2D eigenvalue weighted by Crippen LogP contribution is -2.52. The Morgan fingerprint density at radius 3 is 2.59 bits per heavy atom. The van der Waals surface area contributed by atoms with Crippen LogP contribution < -0.4 is 14.8 Å². The van der Waals surface area contributed by atoms with E-state index < -0.39 is 15.6 Å². The molecule has 2 atom stereocenters. The average molecular weight is 392 g/mol. The molecule has 1 saturated heterocycles. The lowest BCUT2D eigenvalue weighted by molar-refractivity contribution is -0.126. The fourth-order valence-electron chi connectivity index (χ4n) is 4.85. The Balaban J connectivity index is 1.43. The van der Waals surface area contributed by atoms with E-state index in [1.54, 1.807) is 12.1 Å². The molecule has 8 heteroatoms. The Labute approximate surface area is 159 Å². The van der Waals surface area contributed by atoms with Crippen LogP contribution in [-0.4, -0.2) is 50.0 Å². The number of sulfonamides is 1. The fourth-order valence-corrected chi connectivity index (χ4v) is 6.69. The molecule has 7 nitrogen and oxygen atoms in total. The van der Waals surface area contributed by atoms with Crippen molar-refractivity contribution in [3.8, 4) is 11.5 Å². The SMILES string of the molecule is O=C(NC1CCCC1)[C@]12C[C@@H]1CCN2S(=O)(=O)c1ccc2c(c1)OCCO2. The van der Waals surface area contributed by atoms with Crippen molar-refractivity contribution in [2.45, 2.75) is 55.0 Å². The van der Waals surface area contributed by atoms with Crippen LogP contribution in [0.4, 0.5) is 0 Å². The molecule has 4 aliphatic rings. The predicted molar refractivity (Wildman–Crippen MR) is 97.2 cm³/mol. The number of fused-ring (bicyclic) bond motifs is 2. The summed E-state index contributed by atoms with van der Waals surface area (Å²) in [6.07, 6.45) is 5.58. The Bertz CT molecular complexity index is 880. The number of hydrogen-bond acceptors (Lipinski definition) is 5. The van der Waals surface area contributed by atoms with E-state index in [1.165, 1.54) is 10.4 Å². The molecule has 1 N–H and O–H groups in total. The van der Waals surface area contributed by atoms with Crippen LogP contribution in [0.25, 0.3) is 0 Å². The summed E-state index contributed by atoms with van der Waals surface area (Å²) in [6.45, 7) is 1.24. The third-order valence-electron chi connectivity index (χ3n) is 6.38. The highest BCUT2D eigenvalue weighted by atomic mass is 32.2. The van der Waals surface area contributed by atoms with Crippen LogP contribution in [0, 0.1) is 5.92 Å². The molecule has 27 heavy (non-hydrogen) atoms. The lowest BCUT2D eigenvalue weighted by Gasteiger charge is -2.28. The van der Waals surface area contributed by atoms with Crippen molar-refractivity contribution in [3.05, 3.63) is 18.2 Å². The lowest BCUT2D eigenvalue weighted by atomic mass is 10.2. The van der Waals surface area contributed by atoms with Gasteiger partial charge in [-0.3, -0.25) is 4.79 Å². The van der Waals surface area contributed by atoms with Gasteiger partial charge in [-0.25, -0.2) is 8.42 Å². The summed E-state index contributed by atoms with van der Waals surface area (Å²) < 4.78 is 39.2. The van der Waals surface area contributed by atoms with E-state index in [1.807, 2.05) is 0 Å². The van der Waals surface area contributed by atoms with Crippen LogP contribution in [0.1, 0.15) is 38.5 Å². The number of ether oxygens (including phenoxy) is 2. The molecule has 1 aromatic carbocycles. The highest BCUT2D eigenvalue weighted by Gasteiger charge is 2.70. The van der Waals surface area contributed by atoms with Crippen LogP contribution in [0.15, 0.2) is 23.1 Å². The van der Waals surface area contributed by atoms with E-state index in [-0.39, 0.29) is 22.8 Å². The molecule has 2 saturated carbocycles. The van der Waals surface area contributed by atoms with Crippen molar-refractivity contribution in [1.29, 1.82) is 0 Å². The molecule has 0 bridgehead atoms. The molecular weight excluding hydrogens is 368 g/mol. The average Bonchev–Trinajstić information content (AvgIpc) is 3.02. The number of piperidine rings is 1. The van der Waals surface area contributed by atoms with E-state index in [2.05, 4.69) is 5.32 Å². The third-order valence-corrected chi connectivity index (χ3v) is 8.32. The molecular formula is C19H24N2O5S. The van der Waals surface area contributed by atoms with Gasteiger partial charge in [0.1, 0.15) is 18.8 Å². The number of nitrogens with one attached hydrogen (secondary N) is 1. The van der Waals surface area contributed by atoms with Gasteiger partial charge in [0.2, 0.25) is 15.9 Å². The van der Waals surface area contributed by atoms with Crippen LogP contribution in [0.5, 0.6) is 11.5 Å². The van der Waals surface area contributed by atoms with E-state index in [0.29, 0.717) is 37.7 Å². The fraction of sp³-hybridized carbons (Fsp3) is 0.632. The summed E-state index contributed by atoms with van der Waals surface area (Å²) in [5.41, 5.74) is -0.894. The van der Waals surface area contributed by atoms with E-state index in [9.17, 15) is 13.2 Å². The van der Waals surface area contributed by atoms with E-state index in [4.69, 9.17) is 9.47 Å². The van der Waals surface area contributed by atoms with Gasteiger partial charge in [0.25, 0.3) is 0 Å². The number of rotatable bonds is 4. The van der Waals surface area contributed by atoms with Crippen molar-refractivity contribution in [2.75, 3.05) is 19.8 Å². The van der Waals surface area contributed by atoms with Crippen molar-refractivity contribution < 1.29 is 22.7 Å². The Morgan fingerprint density at radius 2 is 1.85 bits per heavy atom. The van der Waals surface area contributed by atoms with Gasteiger partial charge < -0.3 is 14.8 Å². The molecule has 1 amide bonds. The van der Waals surface area contributed by atoms with Gasteiger partial charge in [-0.1, -0.05) is 12.8 Å². The smallest absolute Gasteiger partial charge is 0.244 e. The van der Waals surface area contributed by atoms with E-state index >= 15 is 0 Å². The maximum absolute atomic E-state index is 13.4. The second-order valence-electron chi connectivity index (χ2n) is 7.95. The number of nitrogens with zero attached hydrogens (tertiary/aromatic N) is 1. The normalized spacial score (nSPS) is 30.1. The first kappa shape index (κ1) is 17.3. The second-order valence-corrected chi connectivity index (χ2v) is 9.81. The topological polar surface area (TPSA) is 84.9 Å². The zero-order chi connectivity index (χ0) is 18.6. The first-order chi connectivity index (χ1) is 13.0. The minimum Gasteiger partial charge on any atom is -0.486 e. The van der Waals surface area contributed by atoms with Crippen LogP contribution in [0.2, 0.25) is 0 Å². The molecule has 146 valence electrons. The summed E-state index contributed by atoms with van der Waals surface area (Å²) in [5.74, 6) is 1.02. The summed E-state index contributed by atoms with van der Waals surface area (Å²) in [4.78, 5) is 13.2. The molecule has 3 fully saturated rings. The highest BCUT2D eigenvalue weighted by Crippen LogP contribution is 2.57. The van der Waals surface area contributed by atoms with Crippen LogP contribution in [0.3, 0.4) is 0 Å². The van der Waals surface area contributed by atoms with Gasteiger partial charge >= 0.3 is 0 Å². The maximum Gasteiger partial charge on any atom is 0.244 e. The predicted octanol–water partition coefficient (Wildman–Crippen LogP) is 1.67. The molecule has 2 aliphatic heterocycles. The molecule has 2 heterocycles. The molecule has 0 aromatic heterocycles. The minimum atomic E-state index is -3.78. The number of carbonyl (C=O) groups excluding carboxylic acids is 1. The van der Waals surface area contributed by atoms with Crippen molar-refractivity contribution in [2.24, 2.45) is 5.92 Å². The first-order valence-corrected chi connectivity index (χ1v) is 11.2. The van der Waals surface area contributed by atoms with Gasteiger partial charge in [-0.05, 0) is 43.7 Å². The van der Waals surface area contributed by atoms with Crippen LogP contribution >= 0.6 is 0 Å². The molecule has 0 unspecified atom stereocenters. The molecule has 5 rings (SSSR count).